The average molecular weight is 212 g/mol. The van der Waals surface area contributed by atoms with E-state index in [4.69, 9.17) is 9.94 Å². The molecular weight excluding hydrogens is 203 g/mol. The summed E-state index contributed by atoms with van der Waals surface area (Å²) >= 11 is 0. The maximum absolute atomic E-state index is 12.6. The lowest BCUT2D eigenvalue weighted by Crippen LogP contribution is -2.27. The fraction of sp³-hybridized carbons (Fsp3) is 0.333. The topological polar surface area (TPSA) is 62.7 Å². The van der Waals surface area contributed by atoms with Gasteiger partial charge in [0.2, 0.25) is 5.95 Å². The van der Waals surface area contributed by atoms with Crippen LogP contribution in [-0.2, 0) is 4.84 Å². The molecule has 2 rings (SSSR count). The van der Waals surface area contributed by atoms with Gasteiger partial charge in [-0.1, -0.05) is 6.07 Å². The molecule has 15 heavy (non-hydrogen) atoms. The molecule has 5 nitrogen and oxygen atoms in total. The third-order valence-corrected chi connectivity index (χ3v) is 2.23. The Hall–Kier alpha value is -1.69. The van der Waals surface area contributed by atoms with Crippen LogP contribution >= 0.6 is 0 Å². The Morgan fingerprint density at radius 3 is 3.07 bits per heavy atom. The summed E-state index contributed by atoms with van der Waals surface area (Å²) in [5, 5.41) is 9.68. The maximum atomic E-state index is 12.6. The van der Waals surface area contributed by atoms with Crippen molar-refractivity contribution in [2.75, 3.05) is 6.61 Å². The van der Waals surface area contributed by atoms with E-state index in [1.165, 1.54) is 18.3 Å². The van der Waals surface area contributed by atoms with Gasteiger partial charge in [0.05, 0.1) is 12.6 Å². The van der Waals surface area contributed by atoms with Crippen molar-refractivity contribution in [1.29, 1.82) is 0 Å². The summed E-state index contributed by atoms with van der Waals surface area (Å²) in [6.07, 6.45) is 0.728. The van der Waals surface area contributed by atoms with Crippen molar-refractivity contribution in [3.63, 3.8) is 0 Å². The van der Waals surface area contributed by atoms with Crippen molar-refractivity contribution in [3.8, 4) is 0 Å². The number of amides is 1. The van der Waals surface area contributed by atoms with Gasteiger partial charge >= 0.3 is 6.09 Å². The number of hydrogen-bond donors (Lipinski definition) is 1. The molecule has 1 saturated heterocycles. The Morgan fingerprint density at radius 1 is 1.67 bits per heavy atom. The van der Waals surface area contributed by atoms with E-state index in [0.29, 0.717) is 18.6 Å². The average Bonchev–Trinajstić information content (AvgIpc) is 2.67. The lowest BCUT2D eigenvalue weighted by molar-refractivity contribution is -0.104. The molecule has 1 aliphatic rings. The van der Waals surface area contributed by atoms with Gasteiger partial charge in [-0.05, 0) is 11.6 Å². The van der Waals surface area contributed by atoms with Gasteiger partial charge in [-0.15, -0.1) is 0 Å². The van der Waals surface area contributed by atoms with Gasteiger partial charge in [0.25, 0.3) is 0 Å². The third-order valence-electron chi connectivity index (χ3n) is 2.23. The van der Waals surface area contributed by atoms with Crippen LogP contribution in [0.1, 0.15) is 18.0 Å². The number of carbonyl (C=O) groups is 1. The van der Waals surface area contributed by atoms with E-state index in [-0.39, 0.29) is 0 Å². The highest BCUT2D eigenvalue weighted by molar-refractivity contribution is 5.64. The monoisotopic (exact) mass is 212 g/mol. The first-order valence-corrected chi connectivity index (χ1v) is 4.45. The molecule has 0 saturated carbocycles. The Balaban J connectivity index is 2.22. The van der Waals surface area contributed by atoms with Crippen LogP contribution in [-0.4, -0.2) is 27.9 Å². The minimum Gasteiger partial charge on any atom is -0.463 e. The maximum Gasteiger partial charge on any atom is 0.432 e. The lowest BCUT2D eigenvalue weighted by Gasteiger charge is -2.18. The second-order valence-electron chi connectivity index (χ2n) is 3.16. The molecule has 2 heterocycles. The number of rotatable bonds is 1. The molecule has 1 aromatic heterocycles. The summed E-state index contributed by atoms with van der Waals surface area (Å²) in [5.74, 6) is -0.584. The first-order chi connectivity index (χ1) is 7.18. The highest BCUT2D eigenvalue weighted by Gasteiger charge is 2.31. The molecular formula is C9H9FN2O3. The van der Waals surface area contributed by atoms with Crippen LogP contribution < -0.4 is 0 Å². The minimum absolute atomic E-state index is 0.342. The van der Waals surface area contributed by atoms with Crippen molar-refractivity contribution in [2.45, 2.75) is 12.5 Å². The summed E-state index contributed by atoms with van der Waals surface area (Å²) in [5.41, 5.74) is 0.635. The van der Waals surface area contributed by atoms with Crippen molar-refractivity contribution >= 4 is 6.09 Å². The summed E-state index contributed by atoms with van der Waals surface area (Å²) in [6, 6.07) is 2.32. The molecule has 0 aliphatic carbocycles. The van der Waals surface area contributed by atoms with E-state index in [1.54, 1.807) is 0 Å². The van der Waals surface area contributed by atoms with Crippen LogP contribution in [0, 0.1) is 5.95 Å². The minimum atomic E-state index is -1.15. The van der Waals surface area contributed by atoms with E-state index in [9.17, 15) is 9.18 Å². The number of halogens is 1. The number of hydrogen-bond acceptors (Lipinski definition) is 3. The molecule has 0 aromatic carbocycles. The zero-order valence-electron chi connectivity index (χ0n) is 7.76. The zero-order valence-corrected chi connectivity index (χ0v) is 7.76. The number of pyridine rings is 1. The highest BCUT2D eigenvalue weighted by Crippen LogP contribution is 2.29. The predicted molar refractivity (Wildman–Crippen MR) is 47.4 cm³/mol. The van der Waals surface area contributed by atoms with Gasteiger partial charge in [0.1, 0.15) is 0 Å². The Bertz CT molecular complexity index is 368. The first-order valence-electron chi connectivity index (χ1n) is 4.45. The lowest BCUT2D eigenvalue weighted by atomic mass is 10.1. The van der Waals surface area contributed by atoms with Crippen molar-refractivity contribution in [1.82, 2.24) is 10.0 Å². The molecule has 1 aromatic rings. The van der Waals surface area contributed by atoms with E-state index in [1.807, 2.05) is 0 Å². The standard InChI is InChI=1S/C9H9FN2O3/c10-8-2-1-6(5-11-8)7-3-4-15-12(7)9(13)14/h1-2,5,7H,3-4H2,(H,13,14)/t7-/m0/s1. The van der Waals surface area contributed by atoms with Crippen LogP contribution in [0.5, 0.6) is 0 Å². The molecule has 6 heteroatoms. The molecule has 0 bridgehead atoms. The number of hydroxylamine groups is 2. The molecule has 0 spiro atoms. The molecule has 1 fully saturated rings. The third kappa shape index (κ3) is 1.89. The Kier molecular flexibility index (Phi) is 2.51. The van der Waals surface area contributed by atoms with Crippen LogP contribution in [0.25, 0.3) is 0 Å². The summed E-state index contributed by atoms with van der Waals surface area (Å²) in [7, 11) is 0. The fourth-order valence-corrected chi connectivity index (χ4v) is 1.54. The van der Waals surface area contributed by atoms with Crippen molar-refractivity contribution in [2.24, 2.45) is 0 Å². The molecule has 0 radical (unpaired) electrons. The predicted octanol–water partition coefficient (Wildman–Crippen LogP) is 1.58. The second kappa shape index (κ2) is 3.82. The summed E-state index contributed by atoms with van der Waals surface area (Å²) in [6.45, 7) is 0.342. The van der Waals surface area contributed by atoms with E-state index in [2.05, 4.69) is 4.98 Å². The van der Waals surface area contributed by atoms with Gasteiger partial charge in [-0.25, -0.2) is 9.78 Å². The van der Waals surface area contributed by atoms with Crippen LogP contribution in [0.15, 0.2) is 18.3 Å². The summed E-state index contributed by atoms with van der Waals surface area (Å²) < 4.78 is 12.6. The SMILES string of the molecule is O=C(O)N1OCC[C@H]1c1ccc(F)nc1. The summed E-state index contributed by atoms with van der Waals surface area (Å²) in [4.78, 5) is 19.2. The Morgan fingerprint density at radius 2 is 2.47 bits per heavy atom. The quantitative estimate of drug-likeness (QED) is 0.718. The molecule has 1 aliphatic heterocycles. The van der Waals surface area contributed by atoms with Crippen LogP contribution in [0.4, 0.5) is 9.18 Å². The number of nitrogens with zero attached hydrogens (tertiary/aromatic N) is 2. The van der Waals surface area contributed by atoms with E-state index >= 15 is 0 Å². The van der Waals surface area contributed by atoms with Gasteiger partial charge < -0.3 is 5.11 Å². The smallest absolute Gasteiger partial charge is 0.432 e. The zero-order chi connectivity index (χ0) is 10.8. The fourth-order valence-electron chi connectivity index (χ4n) is 1.54. The van der Waals surface area contributed by atoms with E-state index < -0.39 is 18.1 Å². The molecule has 80 valence electrons. The normalized spacial score (nSPS) is 20.6. The van der Waals surface area contributed by atoms with Gasteiger partial charge in [0.15, 0.2) is 0 Å². The van der Waals surface area contributed by atoms with Gasteiger partial charge in [-0.2, -0.15) is 9.45 Å². The van der Waals surface area contributed by atoms with Crippen LogP contribution in [0.3, 0.4) is 0 Å². The highest BCUT2D eigenvalue weighted by atomic mass is 19.1. The number of aromatic nitrogens is 1. The second-order valence-corrected chi connectivity index (χ2v) is 3.16. The molecule has 1 atom stereocenters. The largest absolute Gasteiger partial charge is 0.463 e. The van der Waals surface area contributed by atoms with Crippen LogP contribution in [0.2, 0.25) is 0 Å². The molecule has 1 N–H and O–H groups in total. The van der Waals surface area contributed by atoms with Gasteiger partial charge in [-0.3, -0.25) is 4.84 Å². The molecule has 0 unspecified atom stereocenters. The van der Waals surface area contributed by atoms with Gasteiger partial charge in [0, 0.05) is 12.6 Å². The van der Waals surface area contributed by atoms with Crippen molar-refractivity contribution in [3.05, 3.63) is 29.8 Å². The van der Waals surface area contributed by atoms with E-state index in [0.717, 1.165) is 5.06 Å². The van der Waals surface area contributed by atoms with Crippen molar-refractivity contribution < 1.29 is 19.1 Å². The Labute approximate surface area is 85.1 Å². The molecule has 1 amide bonds. The number of carboxylic acid groups (broad SMARTS) is 1. The first kappa shape index (κ1) is 9.85.